The van der Waals surface area contributed by atoms with Gasteiger partial charge in [0, 0.05) is 6.20 Å². The van der Waals surface area contributed by atoms with Crippen molar-refractivity contribution in [2.45, 2.75) is 6.92 Å². The lowest BCUT2D eigenvalue weighted by atomic mass is 10.3. The maximum Gasteiger partial charge on any atom is 0.409 e. The molecule has 0 spiro atoms. The van der Waals surface area contributed by atoms with Gasteiger partial charge in [-0.05, 0) is 31.2 Å². The van der Waals surface area contributed by atoms with E-state index in [2.05, 4.69) is 10.2 Å². The smallest absolute Gasteiger partial charge is 0.409 e. The standard InChI is InChI=1S/C11H10N4O3/c1-7-4-5-9(14-13-7)15-6-2-3-8(10(15)16)12-11(17)18/h2-6,12H,1H3,(H,17,18). The summed E-state index contributed by atoms with van der Waals surface area (Å²) in [7, 11) is 0. The van der Waals surface area contributed by atoms with Crippen molar-refractivity contribution >= 4 is 11.8 Å². The minimum atomic E-state index is -1.29. The van der Waals surface area contributed by atoms with Crippen molar-refractivity contribution in [1.29, 1.82) is 0 Å². The molecular weight excluding hydrogens is 236 g/mol. The quantitative estimate of drug-likeness (QED) is 0.824. The third-order valence-electron chi connectivity index (χ3n) is 2.22. The maximum atomic E-state index is 12.0. The highest BCUT2D eigenvalue weighted by atomic mass is 16.4. The SMILES string of the molecule is Cc1ccc(-n2cccc(NC(=O)O)c2=O)nn1. The van der Waals surface area contributed by atoms with E-state index in [1.807, 2.05) is 5.32 Å². The molecule has 2 heterocycles. The number of hydrogen-bond acceptors (Lipinski definition) is 4. The average Bonchev–Trinajstić information content (AvgIpc) is 2.33. The van der Waals surface area contributed by atoms with Crippen LogP contribution in [0.4, 0.5) is 10.5 Å². The molecule has 0 saturated carbocycles. The monoisotopic (exact) mass is 246 g/mol. The van der Waals surface area contributed by atoms with Gasteiger partial charge in [0.2, 0.25) is 0 Å². The van der Waals surface area contributed by atoms with E-state index < -0.39 is 11.7 Å². The minimum Gasteiger partial charge on any atom is -0.465 e. The van der Waals surface area contributed by atoms with Crippen LogP contribution in [0.3, 0.4) is 0 Å². The van der Waals surface area contributed by atoms with E-state index in [0.29, 0.717) is 5.82 Å². The summed E-state index contributed by atoms with van der Waals surface area (Å²) in [4.78, 5) is 22.5. The summed E-state index contributed by atoms with van der Waals surface area (Å²) in [5.74, 6) is 0.333. The van der Waals surface area contributed by atoms with Gasteiger partial charge in [0.15, 0.2) is 5.82 Å². The molecule has 0 unspecified atom stereocenters. The Balaban J connectivity index is 2.49. The fourth-order valence-electron chi connectivity index (χ4n) is 1.41. The number of nitrogens with one attached hydrogen (secondary N) is 1. The Labute approximate surface area is 102 Å². The Bertz CT molecular complexity index is 633. The summed E-state index contributed by atoms with van der Waals surface area (Å²) >= 11 is 0. The van der Waals surface area contributed by atoms with Crippen LogP contribution in [0.2, 0.25) is 0 Å². The van der Waals surface area contributed by atoms with Crippen molar-refractivity contribution in [3.63, 3.8) is 0 Å². The van der Waals surface area contributed by atoms with E-state index >= 15 is 0 Å². The lowest BCUT2D eigenvalue weighted by molar-refractivity contribution is 0.209. The van der Waals surface area contributed by atoms with Crippen molar-refractivity contribution < 1.29 is 9.90 Å². The number of pyridine rings is 1. The zero-order valence-electron chi connectivity index (χ0n) is 9.49. The van der Waals surface area contributed by atoms with Crippen LogP contribution in [0.15, 0.2) is 35.3 Å². The summed E-state index contributed by atoms with van der Waals surface area (Å²) in [6.07, 6.45) is 0.203. The molecule has 7 heteroatoms. The first-order valence-electron chi connectivity index (χ1n) is 5.10. The molecule has 0 bridgehead atoms. The van der Waals surface area contributed by atoms with Crippen LogP contribution in [0.1, 0.15) is 5.69 Å². The second-order valence-electron chi connectivity index (χ2n) is 3.56. The molecule has 7 nitrogen and oxygen atoms in total. The number of aromatic nitrogens is 3. The Morgan fingerprint density at radius 1 is 1.33 bits per heavy atom. The van der Waals surface area contributed by atoms with E-state index in [1.54, 1.807) is 25.1 Å². The summed E-state index contributed by atoms with van der Waals surface area (Å²) in [5, 5.41) is 18.3. The van der Waals surface area contributed by atoms with Gasteiger partial charge in [0.05, 0.1) is 5.69 Å². The van der Waals surface area contributed by atoms with Crippen molar-refractivity contribution in [1.82, 2.24) is 14.8 Å². The molecule has 0 saturated heterocycles. The Morgan fingerprint density at radius 3 is 2.72 bits per heavy atom. The molecule has 2 aromatic heterocycles. The van der Waals surface area contributed by atoms with Gasteiger partial charge in [-0.2, -0.15) is 5.10 Å². The highest BCUT2D eigenvalue weighted by Crippen LogP contribution is 2.04. The number of carbonyl (C=O) groups is 1. The topological polar surface area (TPSA) is 97.1 Å². The first-order valence-corrected chi connectivity index (χ1v) is 5.10. The fraction of sp³-hybridized carbons (Fsp3) is 0.0909. The van der Waals surface area contributed by atoms with Crippen LogP contribution in [0, 0.1) is 6.92 Å². The molecule has 0 radical (unpaired) electrons. The number of hydrogen-bond donors (Lipinski definition) is 2. The molecule has 2 rings (SSSR count). The molecular formula is C11H10N4O3. The molecule has 2 aromatic rings. The van der Waals surface area contributed by atoms with Gasteiger partial charge in [-0.1, -0.05) is 0 Å². The van der Waals surface area contributed by atoms with E-state index in [-0.39, 0.29) is 5.69 Å². The largest absolute Gasteiger partial charge is 0.465 e. The third kappa shape index (κ3) is 2.34. The highest BCUT2D eigenvalue weighted by Gasteiger charge is 2.08. The maximum absolute atomic E-state index is 12.0. The number of nitrogens with zero attached hydrogens (tertiary/aromatic N) is 3. The number of carboxylic acid groups (broad SMARTS) is 1. The van der Waals surface area contributed by atoms with E-state index in [0.717, 1.165) is 5.69 Å². The minimum absolute atomic E-state index is 0.0348. The zero-order chi connectivity index (χ0) is 13.1. The third-order valence-corrected chi connectivity index (χ3v) is 2.22. The van der Waals surface area contributed by atoms with Crippen molar-refractivity contribution in [3.8, 4) is 5.82 Å². The van der Waals surface area contributed by atoms with Gasteiger partial charge in [0.25, 0.3) is 5.56 Å². The van der Waals surface area contributed by atoms with Crippen molar-refractivity contribution in [2.75, 3.05) is 5.32 Å². The van der Waals surface area contributed by atoms with Crippen molar-refractivity contribution in [2.24, 2.45) is 0 Å². The lowest BCUT2D eigenvalue weighted by Crippen LogP contribution is -2.24. The van der Waals surface area contributed by atoms with Gasteiger partial charge in [-0.3, -0.25) is 14.7 Å². The molecule has 2 N–H and O–H groups in total. The Morgan fingerprint density at radius 2 is 2.11 bits per heavy atom. The van der Waals surface area contributed by atoms with Crippen molar-refractivity contribution in [3.05, 3.63) is 46.5 Å². The number of amides is 1. The van der Waals surface area contributed by atoms with E-state index in [4.69, 9.17) is 5.11 Å². The molecule has 0 aromatic carbocycles. The average molecular weight is 246 g/mol. The van der Waals surface area contributed by atoms with E-state index in [1.165, 1.54) is 16.8 Å². The van der Waals surface area contributed by atoms with Gasteiger partial charge in [-0.15, -0.1) is 5.10 Å². The molecule has 0 atom stereocenters. The predicted molar refractivity (Wildman–Crippen MR) is 64.0 cm³/mol. The molecule has 92 valence electrons. The summed E-state index contributed by atoms with van der Waals surface area (Å²) in [5.41, 5.74) is 0.192. The molecule has 0 aliphatic rings. The number of anilines is 1. The van der Waals surface area contributed by atoms with Crippen LogP contribution in [-0.4, -0.2) is 26.0 Å². The van der Waals surface area contributed by atoms with Crippen LogP contribution in [-0.2, 0) is 0 Å². The zero-order valence-corrected chi connectivity index (χ0v) is 9.49. The summed E-state index contributed by atoms with van der Waals surface area (Å²) in [6, 6.07) is 6.28. The molecule has 0 aliphatic heterocycles. The molecule has 0 fully saturated rings. The van der Waals surface area contributed by atoms with Gasteiger partial charge in [-0.25, -0.2) is 4.79 Å². The first-order chi connectivity index (χ1) is 8.58. The molecule has 18 heavy (non-hydrogen) atoms. The summed E-state index contributed by atoms with van der Waals surface area (Å²) < 4.78 is 1.22. The van der Waals surface area contributed by atoms with Gasteiger partial charge < -0.3 is 5.11 Å². The van der Waals surface area contributed by atoms with Crippen LogP contribution in [0.5, 0.6) is 0 Å². The number of aryl methyl sites for hydroxylation is 1. The fourth-order valence-corrected chi connectivity index (χ4v) is 1.41. The van der Waals surface area contributed by atoms with Crippen LogP contribution in [0.25, 0.3) is 5.82 Å². The molecule has 0 aliphatic carbocycles. The van der Waals surface area contributed by atoms with Crippen LogP contribution >= 0.6 is 0 Å². The van der Waals surface area contributed by atoms with Crippen LogP contribution < -0.4 is 10.9 Å². The highest BCUT2D eigenvalue weighted by molar-refractivity contribution is 5.82. The Hall–Kier alpha value is -2.70. The second kappa shape index (κ2) is 4.66. The lowest BCUT2D eigenvalue weighted by Gasteiger charge is -2.06. The number of rotatable bonds is 2. The second-order valence-corrected chi connectivity index (χ2v) is 3.56. The molecule has 1 amide bonds. The Kier molecular flexibility index (Phi) is 3.05. The van der Waals surface area contributed by atoms with E-state index in [9.17, 15) is 9.59 Å². The summed E-state index contributed by atoms with van der Waals surface area (Å²) in [6.45, 7) is 1.78. The van der Waals surface area contributed by atoms with Gasteiger partial charge >= 0.3 is 6.09 Å². The first kappa shape index (κ1) is 11.8. The predicted octanol–water partition coefficient (Wildman–Crippen LogP) is 1.03. The van der Waals surface area contributed by atoms with Gasteiger partial charge in [0.1, 0.15) is 5.69 Å². The normalized spacial score (nSPS) is 10.1.